The molecular weight excluding hydrogens is 545 g/mol. The molecule has 11 heteroatoms. The number of anilines is 1. The van der Waals surface area contributed by atoms with Gasteiger partial charge in [-0.05, 0) is 68.3 Å². The van der Waals surface area contributed by atoms with Gasteiger partial charge < -0.3 is 20.4 Å². The van der Waals surface area contributed by atoms with Crippen molar-refractivity contribution >= 4 is 28.5 Å². The van der Waals surface area contributed by atoms with Gasteiger partial charge in [0.25, 0.3) is 11.8 Å². The van der Waals surface area contributed by atoms with Crippen molar-refractivity contribution < 1.29 is 36.0 Å². The first-order chi connectivity index (χ1) is 19.4. The predicted molar refractivity (Wildman–Crippen MR) is 147 cm³/mol. The molecule has 0 aliphatic rings. The number of benzene rings is 3. The van der Waals surface area contributed by atoms with Gasteiger partial charge in [0, 0.05) is 47.4 Å². The topological polar surface area (TPSA) is 83.4 Å². The summed E-state index contributed by atoms with van der Waals surface area (Å²) in [5.74, 6) is -1.64. The van der Waals surface area contributed by atoms with Gasteiger partial charge in [-0.1, -0.05) is 12.1 Å². The van der Waals surface area contributed by atoms with Crippen molar-refractivity contribution in [1.29, 1.82) is 0 Å². The third-order valence-electron chi connectivity index (χ3n) is 6.59. The maximum atomic E-state index is 13.6. The highest BCUT2D eigenvalue weighted by Crippen LogP contribution is 2.40. The molecule has 4 aromatic rings. The highest BCUT2D eigenvalue weighted by molar-refractivity contribution is 6.13. The van der Waals surface area contributed by atoms with Crippen molar-refractivity contribution in [3.8, 4) is 22.5 Å². The summed E-state index contributed by atoms with van der Waals surface area (Å²) in [5, 5.41) is 8.13. The number of nitrogens with one attached hydrogen (secondary N) is 3. The molecule has 0 radical (unpaired) electrons. The lowest BCUT2D eigenvalue weighted by atomic mass is 9.96. The molecule has 0 bridgehead atoms. The van der Waals surface area contributed by atoms with Gasteiger partial charge in [0.1, 0.15) is 22.7 Å². The first kappa shape index (κ1) is 29.6. The quantitative estimate of drug-likeness (QED) is 0.147. The third-order valence-corrected chi connectivity index (χ3v) is 6.59. The Morgan fingerprint density at radius 3 is 2.27 bits per heavy atom. The average Bonchev–Trinajstić information content (AvgIpc) is 3.30. The number of amides is 2. The molecule has 0 saturated carbocycles. The molecule has 1 aromatic heterocycles. The third kappa shape index (κ3) is 6.18. The van der Waals surface area contributed by atoms with E-state index in [4.69, 9.17) is 4.42 Å². The molecule has 0 unspecified atom stereocenters. The van der Waals surface area contributed by atoms with E-state index in [1.54, 1.807) is 18.2 Å². The lowest BCUT2D eigenvalue weighted by Gasteiger charge is -2.28. The van der Waals surface area contributed by atoms with E-state index in [1.807, 2.05) is 5.32 Å². The molecule has 2 amide bonds. The number of hydrogen-bond acceptors (Lipinski definition) is 4. The Balaban J connectivity index is 1.87. The lowest BCUT2D eigenvalue weighted by molar-refractivity contribution is -0.182. The molecule has 0 fully saturated rings. The Labute approximate surface area is 232 Å². The van der Waals surface area contributed by atoms with Gasteiger partial charge in [0.05, 0.1) is 12.2 Å². The number of fused-ring (bicyclic) bond motifs is 1. The van der Waals surface area contributed by atoms with Crippen LogP contribution < -0.4 is 16.0 Å². The molecule has 6 nitrogen and oxygen atoms in total. The number of rotatable bonds is 9. The SMILES string of the molecule is CNC(=O)c1c(-c2ccc(F)cc2)oc2cc(NCCCF)c(-c3cccc(C(=O)NC(C)(C)C(F)(F)F)c3)cc12. The number of furan rings is 1. The summed E-state index contributed by atoms with van der Waals surface area (Å²) in [5.41, 5.74) is -0.0736. The largest absolute Gasteiger partial charge is 0.455 e. The summed E-state index contributed by atoms with van der Waals surface area (Å²) in [6, 6.07) is 14.7. The van der Waals surface area contributed by atoms with E-state index in [0.717, 1.165) is 13.8 Å². The van der Waals surface area contributed by atoms with Gasteiger partial charge in [0.15, 0.2) is 0 Å². The van der Waals surface area contributed by atoms with Gasteiger partial charge in [-0.3, -0.25) is 14.0 Å². The normalized spacial score (nSPS) is 11.9. The monoisotopic (exact) mass is 573 g/mol. The molecule has 216 valence electrons. The molecule has 4 rings (SSSR count). The number of carbonyl (C=O) groups is 2. The molecule has 0 saturated heterocycles. The predicted octanol–water partition coefficient (Wildman–Crippen LogP) is 7.11. The fraction of sp³-hybridized carbons (Fsp3) is 0.267. The maximum absolute atomic E-state index is 13.6. The molecular formula is C30H28F5N3O3. The van der Waals surface area contributed by atoms with Crippen LogP contribution in [0.25, 0.3) is 33.4 Å². The van der Waals surface area contributed by atoms with Crippen LogP contribution in [0.3, 0.4) is 0 Å². The smallest absolute Gasteiger partial charge is 0.410 e. The maximum Gasteiger partial charge on any atom is 0.410 e. The Hall–Kier alpha value is -4.41. The van der Waals surface area contributed by atoms with E-state index >= 15 is 0 Å². The molecule has 3 N–H and O–H groups in total. The molecule has 1 heterocycles. The summed E-state index contributed by atoms with van der Waals surface area (Å²) in [4.78, 5) is 25.8. The van der Waals surface area contributed by atoms with E-state index in [1.165, 1.54) is 49.5 Å². The molecule has 3 aromatic carbocycles. The average molecular weight is 574 g/mol. The summed E-state index contributed by atoms with van der Waals surface area (Å²) in [6.07, 6.45) is -4.46. The number of halogens is 5. The van der Waals surface area contributed by atoms with Crippen molar-refractivity contribution in [2.24, 2.45) is 0 Å². The zero-order valence-electron chi connectivity index (χ0n) is 22.5. The summed E-state index contributed by atoms with van der Waals surface area (Å²) in [7, 11) is 1.45. The van der Waals surface area contributed by atoms with Gasteiger partial charge in [-0.2, -0.15) is 13.2 Å². The van der Waals surface area contributed by atoms with E-state index in [0.29, 0.717) is 33.3 Å². The lowest BCUT2D eigenvalue weighted by Crippen LogP contribution is -2.54. The number of carbonyl (C=O) groups excluding carboxylic acids is 2. The Morgan fingerprint density at radius 2 is 1.63 bits per heavy atom. The highest BCUT2D eigenvalue weighted by atomic mass is 19.4. The standard InChI is InChI=1S/C30H28F5N3O3/c1-29(2,30(33,34)35)38-27(39)19-7-4-6-18(14-19)21-15-22-24(16-23(21)37-13-5-12-31)41-26(25(22)28(40)36-3)17-8-10-20(32)11-9-17/h4,6-11,14-16,37H,5,12-13H2,1-3H3,(H,36,40)(H,38,39). The van der Waals surface area contributed by atoms with Gasteiger partial charge in [-0.25, -0.2) is 4.39 Å². The minimum atomic E-state index is -4.67. The second kappa shape index (κ2) is 11.6. The summed E-state index contributed by atoms with van der Waals surface area (Å²) >= 11 is 0. The summed E-state index contributed by atoms with van der Waals surface area (Å²) < 4.78 is 72.6. The van der Waals surface area contributed by atoms with Crippen molar-refractivity contribution in [3.63, 3.8) is 0 Å². The van der Waals surface area contributed by atoms with Gasteiger partial charge >= 0.3 is 6.18 Å². The second-order valence-corrected chi connectivity index (χ2v) is 9.91. The first-order valence-corrected chi connectivity index (χ1v) is 12.7. The van der Waals surface area contributed by atoms with Crippen LogP contribution in [0.4, 0.5) is 27.6 Å². The zero-order valence-corrected chi connectivity index (χ0v) is 22.5. The Bertz CT molecular complexity index is 1580. The Morgan fingerprint density at radius 1 is 0.927 bits per heavy atom. The molecule has 0 aliphatic heterocycles. The fourth-order valence-corrected chi connectivity index (χ4v) is 4.23. The fourth-order valence-electron chi connectivity index (χ4n) is 4.23. The van der Waals surface area contributed by atoms with Crippen molar-refractivity contribution in [3.05, 3.63) is 77.6 Å². The molecule has 41 heavy (non-hydrogen) atoms. The van der Waals surface area contributed by atoms with Crippen LogP contribution in [0.2, 0.25) is 0 Å². The van der Waals surface area contributed by atoms with Gasteiger partial charge in [-0.15, -0.1) is 0 Å². The Kier molecular flexibility index (Phi) is 8.37. The molecule has 0 atom stereocenters. The first-order valence-electron chi connectivity index (χ1n) is 12.7. The molecule has 0 spiro atoms. The minimum Gasteiger partial charge on any atom is -0.455 e. The van der Waals surface area contributed by atoms with E-state index < -0.39 is 36.0 Å². The van der Waals surface area contributed by atoms with Crippen LogP contribution in [-0.2, 0) is 0 Å². The van der Waals surface area contributed by atoms with Crippen LogP contribution in [0, 0.1) is 5.82 Å². The van der Waals surface area contributed by atoms with Gasteiger partial charge in [0.2, 0.25) is 0 Å². The van der Waals surface area contributed by atoms with Crippen molar-refractivity contribution in [2.45, 2.75) is 32.0 Å². The second-order valence-electron chi connectivity index (χ2n) is 9.91. The van der Waals surface area contributed by atoms with E-state index in [2.05, 4.69) is 10.6 Å². The van der Waals surface area contributed by atoms with Crippen LogP contribution in [-0.4, -0.2) is 43.8 Å². The van der Waals surface area contributed by atoms with Crippen molar-refractivity contribution in [2.75, 3.05) is 25.6 Å². The molecule has 0 aliphatic carbocycles. The van der Waals surface area contributed by atoms with Crippen LogP contribution in [0.15, 0.2) is 65.1 Å². The van der Waals surface area contributed by atoms with Crippen LogP contribution in [0.1, 0.15) is 41.0 Å². The minimum absolute atomic E-state index is 0.0136. The van der Waals surface area contributed by atoms with Crippen LogP contribution >= 0.6 is 0 Å². The zero-order chi connectivity index (χ0) is 29.9. The summed E-state index contributed by atoms with van der Waals surface area (Å²) in [6.45, 7) is 1.43. The number of alkyl halides is 4. The number of hydrogen-bond donors (Lipinski definition) is 3. The highest BCUT2D eigenvalue weighted by Gasteiger charge is 2.48. The van der Waals surface area contributed by atoms with E-state index in [-0.39, 0.29) is 29.9 Å². The van der Waals surface area contributed by atoms with Crippen molar-refractivity contribution in [1.82, 2.24) is 10.6 Å². The van der Waals surface area contributed by atoms with E-state index in [9.17, 15) is 31.5 Å². The van der Waals surface area contributed by atoms with Crippen LogP contribution in [0.5, 0.6) is 0 Å².